The normalized spacial score (nSPS) is 17.7. The Hall–Kier alpha value is -2.09. The van der Waals surface area contributed by atoms with Gasteiger partial charge in [0.05, 0.1) is 17.4 Å². The molecule has 1 N–H and O–H groups in total. The SMILES string of the molecule is CCOc1ccc(S(=O)(=O)N2CCC[C@@H](C(=O)Nc3ccc(C)c(Cl)c3)C2)cc1. The summed E-state index contributed by atoms with van der Waals surface area (Å²) in [6.45, 7) is 4.82. The van der Waals surface area contributed by atoms with E-state index in [2.05, 4.69) is 5.32 Å². The molecule has 0 saturated carbocycles. The Balaban J connectivity index is 1.70. The first kappa shape index (κ1) is 21.6. The van der Waals surface area contributed by atoms with Gasteiger partial charge in [-0.3, -0.25) is 4.79 Å². The Morgan fingerprint density at radius 1 is 1.24 bits per heavy atom. The van der Waals surface area contributed by atoms with Gasteiger partial charge in [-0.2, -0.15) is 4.31 Å². The summed E-state index contributed by atoms with van der Waals surface area (Å²) < 4.78 is 32.8. The lowest BCUT2D eigenvalue weighted by molar-refractivity contribution is -0.120. The number of hydrogen-bond donors (Lipinski definition) is 1. The van der Waals surface area contributed by atoms with E-state index < -0.39 is 15.9 Å². The quantitative estimate of drug-likeness (QED) is 0.740. The number of hydrogen-bond acceptors (Lipinski definition) is 4. The van der Waals surface area contributed by atoms with Gasteiger partial charge in [0, 0.05) is 23.8 Å². The topological polar surface area (TPSA) is 75.7 Å². The van der Waals surface area contributed by atoms with E-state index in [0.717, 1.165) is 5.56 Å². The van der Waals surface area contributed by atoms with Crippen LogP contribution in [-0.4, -0.2) is 38.3 Å². The lowest BCUT2D eigenvalue weighted by atomic mass is 9.98. The maximum absolute atomic E-state index is 13.0. The molecule has 0 aromatic heterocycles. The number of amides is 1. The number of carbonyl (C=O) groups is 1. The lowest BCUT2D eigenvalue weighted by Gasteiger charge is -2.31. The highest BCUT2D eigenvalue weighted by molar-refractivity contribution is 7.89. The number of piperidine rings is 1. The summed E-state index contributed by atoms with van der Waals surface area (Å²) in [6, 6.07) is 11.7. The van der Waals surface area contributed by atoms with Gasteiger partial charge >= 0.3 is 0 Å². The predicted molar refractivity (Wildman–Crippen MR) is 114 cm³/mol. The van der Waals surface area contributed by atoms with E-state index >= 15 is 0 Å². The zero-order chi connectivity index (χ0) is 21.0. The van der Waals surface area contributed by atoms with Gasteiger partial charge in [-0.15, -0.1) is 0 Å². The molecule has 1 saturated heterocycles. The molecule has 1 heterocycles. The molecule has 1 aliphatic rings. The summed E-state index contributed by atoms with van der Waals surface area (Å²) in [5, 5.41) is 3.43. The third-order valence-corrected chi connectivity index (χ3v) is 7.25. The fourth-order valence-corrected chi connectivity index (χ4v) is 5.02. The average molecular weight is 437 g/mol. The van der Waals surface area contributed by atoms with Crippen molar-refractivity contribution < 1.29 is 17.9 Å². The molecule has 0 aliphatic carbocycles. The van der Waals surface area contributed by atoms with Crippen LogP contribution in [-0.2, 0) is 14.8 Å². The van der Waals surface area contributed by atoms with Crippen molar-refractivity contribution in [1.82, 2.24) is 4.31 Å². The molecular formula is C21H25ClN2O4S. The number of aryl methyl sites for hydroxylation is 1. The van der Waals surface area contributed by atoms with E-state index in [1.807, 2.05) is 19.9 Å². The Morgan fingerprint density at radius 2 is 1.97 bits per heavy atom. The van der Waals surface area contributed by atoms with Crippen LogP contribution in [0.25, 0.3) is 0 Å². The molecule has 156 valence electrons. The van der Waals surface area contributed by atoms with Gasteiger partial charge in [-0.25, -0.2) is 8.42 Å². The van der Waals surface area contributed by atoms with Crippen LogP contribution in [0, 0.1) is 12.8 Å². The van der Waals surface area contributed by atoms with Crippen molar-refractivity contribution in [3.63, 3.8) is 0 Å². The van der Waals surface area contributed by atoms with Gasteiger partial charge in [-0.1, -0.05) is 17.7 Å². The molecule has 2 aromatic carbocycles. The van der Waals surface area contributed by atoms with Gasteiger partial charge in [0.1, 0.15) is 5.75 Å². The minimum absolute atomic E-state index is 0.154. The molecule has 1 atom stereocenters. The van der Waals surface area contributed by atoms with E-state index in [1.165, 1.54) is 16.4 Å². The van der Waals surface area contributed by atoms with Crippen molar-refractivity contribution in [2.75, 3.05) is 25.0 Å². The highest BCUT2D eigenvalue weighted by Crippen LogP contribution is 2.27. The number of benzene rings is 2. The molecule has 2 aromatic rings. The number of nitrogens with zero attached hydrogens (tertiary/aromatic N) is 1. The van der Waals surface area contributed by atoms with Crippen molar-refractivity contribution in [2.24, 2.45) is 5.92 Å². The van der Waals surface area contributed by atoms with Crippen molar-refractivity contribution in [2.45, 2.75) is 31.6 Å². The van der Waals surface area contributed by atoms with Crippen molar-refractivity contribution in [3.8, 4) is 5.75 Å². The van der Waals surface area contributed by atoms with Crippen molar-refractivity contribution in [3.05, 3.63) is 53.1 Å². The fourth-order valence-electron chi connectivity index (χ4n) is 3.31. The van der Waals surface area contributed by atoms with E-state index in [4.69, 9.17) is 16.3 Å². The first-order valence-electron chi connectivity index (χ1n) is 9.61. The minimum Gasteiger partial charge on any atom is -0.494 e. The molecule has 1 fully saturated rings. The Labute approximate surface area is 176 Å². The Bertz CT molecular complexity index is 977. The highest BCUT2D eigenvalue weighted by atomic mass is 35.5. The van der Waals surface area contributed by atoms with Gasteiger partial charge < -0.3 is 10.1 Å². The van der Waals surface area contributed by atoms with Gasteiger partial charge in [0.25, 0.3) is 0 Å². The van der Waals surface area contributed by atoms with Gasteiger partial charge in [0.15, 0.2) is 0 Å². The molecule has 0 bridgehead atoms. The van der Waals surface area contributed by atoms with Crippen LogP contribution >= 0.6 is 11.6 Å². The van der Waals surface area contributed by atoms with E-state index in [1.54, 1.807) is 24.3 Å². The maximum atomic E-state index is 13.0. The summed E-state index contributed by atoms with van der Waals surface area (Å²) in [4.78, 5) is 12.9. The van der Waals surface area contributed by atoms with Crippen LogP contribution in [0.3, 0.4) is 0 Å². The molecular weight excluding hydrogens is 412 g/mol. The summed E-state index contributed by atoms with van der Waals surface area (Å²) in [6.07, 6.45) is 1.27. The smallest absolute Gasteiger partial charge is 0.243 e. The van der Waals surface area contributed by atoms with Crippen LogP contribution in [0.5, 0.6) is 5.75 Å². The molecule has 1 aliphatic heterocycles. The van der Waals surface area contributed by atoms with Crippen molar-refractivity contribution in [1.29, 1.82) is 0 Å². The van der Waals surface area contributed by atoms with Gasteiger partial charge in [-0.05, 0) is 68.7 Å². The third-order valence-electron chi connectivity index (χ3n) is 4.97. The number of ether oxygens (including phenoxy) is 1. The molecule has 8 heteroatoms. The van der Waals surface area contributed by atoms with Crippen LogP contribution in [0.2, 0.25) is 5.02 Å². The highest BCUT2D eigenvalue weighted by Gasteiger charge is 2.33. The second kappa shape index (κ2) is 9.15. The summed E-state index contributed by atoms with van der Waals surface area (Å²) in [7, 11) is -3.67. The molecule has 6 nitrogen and oxygen atoms in total. The van der Waals surface area contributed by atoms with Crippen LogP contribution in [0.15, 0.2) is 47.4 Å². The Kier molecular flexibility index (Phi) is 6.82. The third kappa shape index (κ3) is 5.10. The number of carbonyl (C=O) groups excluding carboxylic acids is 1. The van der Waals surface area contributed by atoms with Gasteiger partial charge in [0.2, 0.25) is 15.9 Å². The zero-order valence-corrected chi connectivity index (χ0v) is 18.1. The van der Waals surface area contributed by atoms with E-state index in [-0.39, 0.29) is 17.3 Å². The minimum atomic E-state index is -3.67. The number of rotatable bonds is 6. The monoisotopic (exact) mass is 436 g/mol. The second-order valence-electron chi connectivity index (χ2n) is 7.06. The zero-order valence-electron chi connectivity index (χ0n) is 16.5. The first-order valence-corrected chi connectivity index (χ1v) is 11.4. The fraction of sp³-hybridized carbons (Fsp3) is 0.381. The van der Waals surface area contributed by atoms with Crippen LogP contribution in [0.1, 0.15) is 25.3 Å². The molecule has 0 unspecified atom stereocenters. The molecule has 1 amide bonds. The van der Waals surface area contributed by atoms with Crippen LogP contribution < -0.4 is 10.1 Å². The lowest BCUT2D eigenvalue weighted by Crippen LogP contribution is -2.43. The molecule has 29 heavy (non-hydrogen) atoms. The second-order valence-corrected chi connectivity index (χ2v) is 9.40. The maximum Gasteiger partial charge on any atom is 0.243 e. The standard InChI is InChI=1S/C21H25ClN2O4S/c1-3-28-18-8-10-19(11-9-18)29(26,27)24-12-4-5-16(14-24)21(25)23-17-7-6-15(2)20(22)13-17/h6-11,13,16H,3-5,12,14H2,1-2H3,(H,23,25)/t16-/m1/s1. The summed E-state index contributed by atoms with van der Waals surface area (Å²) >= 11 is 6.12. The number of anilines is 1. The van der Waals surface area contributed by atoms with E-state index in [9.17, 15) is 13.2 Å². The molecule has 0 spiro atoms. The van der Waals surface area contributed by atoms with E-state index in [0.29, 0.717) is 42.5 Å². The number of nitrogens with one attached hydrogen (secondary N) is 1. The number of sulfonamides is 1. The Morgan fingerprint density at radius 3 is 2.62 bits per heavy atom. The molecule has 0 radical (unpaired) electrons. The summed E-state index contributed by atoms with van der Waals surface area (Å²) in [5.41, 5.74) is 1.53. The predicted octanol–water partition coefficient (Wildman–Crippen LogP) is 4.09. The van der Waals surface area contributed by atoms with Crippen LogP contribution in [0.4, 0.5) is 5.69 Å². The average Bonchev–Trinajstić information content (AvgIpc) is 2.71. The summed E-state index contributed by atoms with van der Waals surface area (Å²) in [5.74, 6) is 0.0110. The first-order chi connectivity index (χ1) is 13.8. The molecule has 3 rings (SSSR count). The number of halogens is 1. The van der Waals surface area contributed by atoms with Crippen molar-refractivity contribution >= 4 is 33.2 Å². The largest absolute Gasteiger partial charge is 0.494 e.